The molecule has 2 aromatic rings. The van der Waals surface area contributed by atoms with Gasteiger partial charge in [-0.15, -0.1) is 0 Å². The minimum atomic E-state index is -0.357. The van der Waals surface area contributed by atoms with Crippen molar-refractivity contribution >= 4 is 34.9 Å². The normalized spacial score (nSPS) is 10.1. The molecular formula is C20H22N2O3S. The number of rotatable bonds is 5. The third-order valence-electron chi connectivity index (χ3n) is 3.81. The minimum Gasteiger partial charge on any atom is -0.462 e. The van der Waals surface area contributed by atoms with Gasteiger partial charge in [-0.05, 0) is 80.0 Å². The minimum absolute atomic E-state index is 0.189. The molecule has 0 unspecified atom stereocenters. The van der Waals surface area contributed by atoms with E-state index < -0.39 is 0 Å². The van der Waals surface area contributed by atoms with Gasteiger partial charge in [0.05, 0.1) is 12.2 Å². The lowest BCUT2D eigenvalue weighted by Crippen LogP contribution is -2.34. The second kappa shape index (κ2) is 9.10. The third-order valence-corrected chi connectivity index (χ3v) is 4.02. The molecule has 2 aromatic carbocycles. The maximum atomic E-state index is 12.3. The number of anilines is 1. The average Bonchev–Trinajstić information content (AvgIpc) is 2.62. The molecule has 0 spiro atoms. The Labute approximate surface area is 158 Å². The first-order valence-corrected chi connectivity index (χ1v) is 8.78. The molecule has 26 heavy (non-hydrogen) atoms. The van der Waals surface area contributed by atoms with E-state index in [0.717, 1.165) is 17.5 Å². The van der Waals surface area contributed by atoms with E-state index in [9.17, 15) is 9.59 Å². The Morgan fingerprint density at radius 1 is 1.00 bits per heavy atom. The zero-order valence-electron chi connectivity index (χ0n) is 15.1. The van der Waals surface area contributed by atoms with Crippen LogP contribution in [0.4, 0.5) is 5.69 Å². The fraction of sp³-hybridized carbons (Fsp3) is 0.250. The van der Waals surface area contributed by atoms with Gasteiger partial charge in [-0.3, -0.25) is 10.1 Å². The summed E-state index contributed by atoms with van der Waals surface area (Å²) in [5.41, 5.74) is 3.85. The van der Waals surface area contributed by atoms with Crippen LogP contribution < -0.4 is 10.6 Å². The first-order chi connectivity index (χ1) is 12.4. The van der Waals surface area contributed by atoms with Crippen molar-refractivity contribution in [2.45, 2.75) is 27.2 Å². The molecule has 0 saturated heterocycles. The molecule has 0 aliphatic rings. The van der Waals surface area contributed by atoms with Crippen LogP contribution in [0.5, 0.6) is 0 Å². The van der Waals surface area contributed by atoms with Gasteiger partial charge in [-0.25, -0.2) is 4.79 Å². The van der Waals surface area contributed by atoms with Gasteiger partial charge in [-0.1, -0.05) is 13.0 Å². The van der Waals surface area contributed by atoms with Crippen LogP contribution in [0.25, 0.3) is 0 Å². The average molecular weight is 370 g/mol. The van der Waals surface area contributed by atoms with Gasteiger partial charge in [0.15, 0.2) is 5.11 Å². The van der Waals surface area contributed by atoms with Crippen LogP contribution in [0.1, 0.15) is 45.2 Å². The van der Waals surface area contributed by atoms with Crippen molar-refractivity contribution in [2.75, 3.05) is 11.9 Å². The summed E-state index contributed by atoms with van der Waals surface area (Å²) in [6.07, 6.45) is 0.778. The van der Waals surface area contributed by atoms with Crippen molar-refractivity contribution in [1.29, 1.82) is 0 Å². The van der Waals surface area contributed by atoms with E-state index in [4.69, 9.17) is 17.0 Å². The lowest BCUT2D eigenvalue weighted by Gasteiger charge is -2.11. The molecule has 0 atom stereocenters. The van der Waals surface area contributed by atoms with Crippen LogP contribution in [-0.2, 0) is 4.74 Å². The summed E-state index contributed by atoms with van der Waals surface area (Å²) in [6.45, 7) is 6.28. The Hall–Kier alpha value is -2.73. The van der Waals surface area contributed by atoms with Gasteiger partial charge in [0.1, 0.15) is 0 Å². The zero-order valence-corrected chi connectivity index (χ0v) is 15.9. The number of nitrogens with one attached hydrogen (secondary N) is 2. The van der Waals surface area contributed by atoms with Gasteiger partial charge in [0, 0.05) is 11.3 Å². The van der Waals surface area contributed by atoms with Crippen LogP contribution in [0.2, 0.25) is 0 Å². The second-order valence-corrected chi connectivity index (χ2v) is 6.33. The van der Waals surface area contributed by atoms with Crippen molar-refractivity contribution in [1.82, 2.24) is 5.32 Å². The Balaban J connectivity index is 1.93. The molecule has 0 radical (unpaired) electrons. The Morgan fingerprint density at radius 2 is 1.65 bits per heavy atom. The number of esters is 1. The predicted molar refractivity (Wildman–Crippen MR) is 107 cm³/mol. The van der Waals surface area contributed by atoms with Crippen LogP contribution in [0.15, 0.2) is 42.5 Å². The van der Waals surface area contributed by atoms with Crippen LogP contribution >= 0.6 is 12.2 Å². The van der Waals surface area contributed by atoms with E-state index >= 15 is 0 Å². The van der Waals surface area contributed by atoms with Crippen molar-refractivity contribution in [2.24, 2.45) is 0 Å². The van der Waals surface area contributed by atoms with Crippen molar-refractivity contribution in [3.05, 3.63) is 64.7 Å². The largest absolute Gasteiger partial charge is 0.462 e. The highest BCUT2D eigenvalue weighted by Gasteiger charge is 2.10. The first kappa shape index (κ1) is 19.6. The SMILES string of the molecule is CCCOC(=O)c1ccc(NC(=S)NC(=O)c2ccc(C)c(C)c2)cc1. The maximum absolute atomic E-state index is 12.3. The quantitative estimate of drug-likeness (QED) is 0.615. The molecule has 136 valence electrons. The van der Waals surface area contributed by atoms with Gasteiger partial charge in [0.25, 0.3) is 5.91 Å². The lowest BCUT2D eigenvalue weighted by molar-refractivity contribution is 0.0505. The van der Waals surface area contributed by atoms with Gasteiger partial charge >= 0.3 is 5.97 Å². The van der Waals surface area contributed by atoms with Crippen LogP contribution in [0.3, 0.4) is 0 Å². The van der Waals surface area contributed by atoms with E-state index in [-0.39, 0.29) is 17.0 Å². The third kappa shape index (κ3) is 5.39. The lowest BCUT2D eigenvalue weighted by atomic mass is 10.1. The highest BCUT2D eigenvalue weighted by atomic mass is 32.1. The van der Waals surface area contributed by atoms with Gasteiger partial charge in [-0.2, -0.15) is 0 Å². The number of thiocarbonyl (C=S) groups is 1. The van der Waals surface area contributed by atoms with Crippen molar-refractivity contribution in [3.8, 4) is 0 Å². The van der Waals surface area contributed by atoms with E-state index in [0.29, 0.717) is 23.4 Å². The number of hydrogen-bond donors (Lipinski definition) is 2. The summed E-state index contributed by atoms with van der Waals surface area (Å²) in [6, 6.07) is 12.2. The van der Waals surface area contributed by atoms with E-state index in [1.165, 1.54) is 0 Å². The zero-order chi connectivity index (χ0) is 19.1. The Morgan fingerprint density at radius 3 is 2.27 bits per heavy atom. The molecular weight excluding hydrogens is 348 g/mol. The second-order valence-electron chi connectivity index (χ2n) is 5.92. The molecule has 0 saturated carbocycles. The molecule has 0 aliphatic carbocycles. The van der Waals surface area contributed by atoms with E-state index in [1.54, 1.807) is 30.3 Å². The summed E-state index contributed by atoms with van der Waals surface area (Å²) in [5, 5.41) is 5.76. The van der Waals surface area contributed by atoms with E-state index in [2.05, 4.69) is 10.6 Å². The smallest absolute Gasteiger partial charge is 0.338 e. The van der Waals surface area contributed by atoms with Crippen LogP contribution in [0, 0.1) is 13.8 Å². The monoisotopic (exact) mass is 370 g/mol. The molecule has 0 aromatic heterocycles. The van der Waals surface area contributed by atoms with Crippen molar-refractivity contribution < 1.29 is 14.3 Å². The number of ether oxygens (including phenoxy) is 1. The van der Waals surface area contributed by atoms with Gasteiger partial charge in [0.2, 0.25) is 0 Å². The number of carbonyl (C=O) groups is 2. The molecule has 2 N–H and O–H groups in total. The van der Waals surface area contributed by atoms with Crippen molar-refractivity contribution in [3.63, 3.8) is 0 Å². The fourth-order valence-corrected chi connectivity index (χ4v) is 2.40. The number of hydrogen-bond acceptors (Lipinski definition) is 4. The fourth-order valence-electron chi connectivity index (χ4n) is 2.19. The highest BCUT2D eigenvalue weighted by Crippen LogP contribution is 2.12. The maximum Gasteiger partial charge on any atom is 0.338 e. The topological polar surface area (TPSA) is 67.4 Å². The Bertz CT molecular complexity index is 816. The molecule has 6 heteroatoms. The molecule has 0 heterocycles. The van der Waals surface area contributed by atoms with E-state index in [1.807, 2.05) is 32.9 Å². The molecule has 0 bridgehead atoms. The predicted octanol–water partition coefficient (Wildman–Crippen LogP) is 4.00. The van der Waals surface area contributed by atoms with Crippen LogP contribution in [-0.4, -0.2) is 23.6 Å². The Kier molecular flexibility index (Phi) is 6.86. The number of aryl methyl sites for hydroxylation is 2. The molecule has 0 fully saturated rings. The molecule has 1 amide bonds. The summed E-state index contributed by atoms with van der Waals surface area (Å²) in [5.74, 6) is -0.630. The summed E-state index contributed by atoms with van der Waals surface area (Å²) in [7, 11) is 0. The summed E-state index contributed by atoms with van der Waals surface area (Å²) >= 11 is 5.18. The molecule has 2 rings (SSSR count). The highest BCUT2D eigenvalue weighted by molar-refractivity contribution is 7.80. The standard InChI is InChI=1S/C20H22N2O3S/c1-4-11-25-19(24)15-7-9-17(10-8-15)21-20(26)22-18(23)16-6-5-13(2)14(3)12-16/h5-10,12H,4,11H2,1-3H3,(H2,21,22,23,26). The number of benzene rings is 2. The molecule has 5 nitrogen and oxygen atoms in total. The van der Waals surface area contributed by atoms with Gasteiger partial charge < -0.3 is 10.1 Å². The molecule has 0 aliphatic heterocycles. The number of amides is 1. The first-order valence-electron chi connectivity index (χ1n) is 8.37. The summed E-state index contributed by atoms with van der Waals surface area (Å²) in [4.78, 5) is 24.0. The summed E-state index contributed by atoms with van der Waals surface area (Å²) < 4.78 is 5.08. The number of carbonyl (C=O) groups excluding carboxylic acids is 2.